The van der Waals surface area contributed by atoms with Gasteiger partial charge in [0, 0.05) is 5.75 Å². The third-order valence-corrected chi connectivity index (χ3v) is 5.01. The van der Waals surface area contributed by atoms with Crippen molar-refractivity contribution in [2.45, 2.75) is 25.2 Å². The highest BCUT2D eigenvalue weighted by Crippen LogP contribution is 2.36. The summed E-state index contributed by atoms with van der Waals surface area (Å²) < 4.78 is 45.3. The molecule has 0 spiro atoms. The summed E-state index contributed by atoms with van der Waals surface area (Å²) in [5.41, 5.74) is 0. The summed E-state index contributed by atoms with van der Waals surface area (Å²) in [7, 11) is -5.89. The van der Waals surface area contributed by atoms with Crippen molar-refractivity contribution in [2.24, 2.45) is 5.92 Å². The molecule has 1 rings (SSSR count). The Morgan fingerprint density at radius 1 is 1.62 bits per heavy atom. The van der Waals surface area contributed by atoms with Gasteiger partial charge in [-0.25, -0.2) is 4.18 Å². The summed E-state index contributed by atoms with van der Waals surface area (Å²) in [6.07, 6.45) is 0.638. The van der Waals surface area contributed by atoms with Crippen LogP contribution in [0.2, 0.25) is 0 Å². The molecule has 0 aromatic rings. The third kappa shape index (κ3) is 2.28. The minimum absolute atomic E-state index is 0.143. The second-order valence-corrected chi connectivity index (χ2v) is 6.20. The van der Waals surface area contributed by atoms with E-state index in [9.17, 15) is 12.6 Å². The van der Waals surface area contributed by atoms with E-state index in [4.69, 9.17) is 4.55 Å². The molecular weight excluding hydrogens is 216 g/mol. The third-order valence-electron chi connectivity index (χ3n) is 2.35. The van der Waals surface area contributed by atoms with E-state index < -0.39 is 26.1 Å². The van der Waals surface area contributed by atoms with E-state index in [1.54, 1.807) is 6.92 Å². The standard InChI is InChI=1S/C6H12O5S2/c1-5-3-4-12(7)6(5,2)11-13(8,9)10/h5H,3-4H2,1-2H3,(H,8,9,10). The summed E-state index contributed by atoms with van der Waals surface area (Å²) in [6.45, 7) is 3.19. The van der Waals surface area contributed by atoms with E-state index in [1.165, 1.54) is 6.92 Å². The van der Waals surface area contributed by atoms with E-state index in [2.05, 4.69) is 4.18 Å². The van der Waals surface area contributed by atoms with E-state index in [1.807, 2.05) is 0 Å². The van der Waals surface area contributed by atoms with Crippen LogP contribution < -0.4 is 0 Å². The van der Waals surface area contributed by atoms with Crippen LogP contribution in [0.3, 0.4) is 0 Å². The summed E-state index contributed by atoms with van der Waals surface area (Å²) in [5.74, 6) is 0.267. The molecule has 1 fully saturated rings. The van der Waals surface area contributed by atoms with Gasteiger partial charge in [-0.15, -0.1) is 0 Å². The van der Waals surface area contributed by atoms with Crippen molar-refractivity contribution >= 4 is 21.2 Å². The molecule has 0 aromatic heterocycles. The molecule has 1 heterocycles. The Balaban J connectivity index is 2.92. The SMILES string of the molecule is CC1CCS(=O)C1(C)OS(=O)(=O)O. The Morgan fingerprint density at radius 3 is 2.46 bits per heavy atom. The minimum Gasteiger partial charge on any atom is -0.263 e. The lowest BCUT2D eigenvalue weighted by Crippen LogP contribution is -2.37. The molecule has 0 amide bonds. The molecule has 0 bridgehead atoms. The van der Waals surface area contributed by atoms with Gasteiger partial charge in [-0.3, -0.25) is 8.76 Å². The summed E-state index contributed by atoms with van der Waals surface area (Å²) in [6, 6.07) is 0. The van der Waals surface area contributed by atoms with Gasteiger partial charge in [-0.05, 0) is 19.3 Å². The second kappa shape index (κ2) is 3.30. The molecule has 0 aliphatic carbocycles. The molecule has 1 aliphatic heterocycles. The number of hydrogen-bond acceptors (Lipinski definition) is 4. The van der Waals surface area contributed by atoms with Gasteiger partial charge >= 0.3 is 10.4 Å². The van der Waals surface area contributed by atoms with Crippen LogP contribution in [-0.2, 0) is 25.4 Å². The molecule has 1 aliphatic rings. The molecule has 1 saturated heterocycles. The van der Waals surface area contributed by atoms with E-state index >= 15 is 0 Å². The average Bonchev–Trinajstić information content (AvgIpc) is 2.14. The minimum atomic E-state index is -4.52. The zero-order valence-electron chi connectivity index (χ0n) is 7.39. The molecule has 0 saturated carbocycles. The molecule has 5 nitrogen and oxygen atoms in total. The van der Waals surface area contributed by atoms with E-state index in [0.717, 1.165) is 0 Å². The van der Waals surface area contributed by atoms with Crippen LogP contribution in [0.25, 0.3) is 0 Å². The lowest BCUT2D eigenvalue weighted by atomic mass is 10.0. The largest absolute Gasteiger partial charge is 0.398 e. The molecule has 78 valence electrons. The normalized spacial score (nSPS) is 40.8. The second-order valence-electron chi connectivity index (χ2n) is 3.27. The van der Waals surface area contributed by atoms with Gasteiger partial charge in [0.1, 0.15) is 0 Å². The number of hydrogen-bond donors (Lipinski definition) is 1. The fourth-order valence-corrected chi connectivity index (χ4v) is 3.99. The smallest absolute Gasteiger partial charge is 0.263 e. The monoisotopic (exact) mass is 228 g/mol. The zero-order valence-corrected chi connectivity index (χ0v) is 9.02. The molecular formula is C6H12O5S2. The quantitative estimate of drug-likeness (QED) is 0.688. The van der Waals surface area contributed by atoms with Gasteiger partial charge in [-0.1, -0.05) is 6.92 Å². The summed E-state index contributed by atoms with van der Waals surface area (Å²) >= 11 is 0. The topological polar surface area (TPSA) is 80.7 Å². The molecule has 1 N–H and O–H groups in total. The maximum Gasteiger partial charge on any atom is 0.398 e. The van der Waals surface area contributed by atoms with Crippen LogP contribution in [0, 0.1) is 5.92 Å². The first-order valence-electron chi connectivity index (χ1n) is 3.82. The lowest BCUT2D eigenvalue weighted by molar-refractivity contribution is 0.118. The Morgan fingerprint density at radius 2 is 2.15 bits per heavy atom. The molecule has 3 atom stereocenters. The zero-order chi connectivity index (χ0) is 10.3. The van der Waals surface area contributed by atoms with Crippen molar-refractivity contribution < 1.29 is 21.4 Å². The molecule has 7 heteroatoms. The van der Waals surface area contributed by atoms with Crippen molar-refractivity contribution in [2.75, 3.05) is 5.75 Å². The van der Waals surface area contributed by atoms with Crippen LogP contribution in [0.1, 0.15) is 20.3 Å². The van der Waals surface area contributed by atoms with Gasteiger partial charge < -0.3 is 0 Å². The van der Waals surface area contributed by atoms with Gasteiger partial charge in [0.2, 0.25) is 0 Å². The van der Waals surface area contributed by atoms with Crippen molar-refractivity contribution in [3.8, 4) is 0 Å². The Labute approximate surface area is 79.9 Å². The Hall–Kier alpha value is 0.0200. The van der Waals surface area contributed by atoms with Gasteiger partial charge in [0.25, 0.3) is 0 Å². The summed E-state index contributed by atoms with van der Waals surface area (Å²) in [4.78, 5) is -1.27. The Bertz CT molecular complexity index is 322. The predicted molar refractivity (Wildman–Crippen MR) is 47.8 cm³/mol. The molecule has 13 heavy (non-hydrogen) atoms. The first-order chi connectivity index (χ1) is 5.76. The van der Waals surface area contributed by atoms with Crippen molar-refractivity contribution in [1.82, 2.24) is 0 Å². The number of rotatable bonds is 2. The highest BCUT2D eigenvalue weighted by molar-refractivity contribution is 7.88. The average molecular weight is 228 g/mol. The fourth-order valence-electron chi connectivity index (χ4n) is 1.30. The highest BCUT2D eigenvalue weighted by atomic mass is 32.3. The van der Waals surface area contributed by atoms with Crippen molar-refractivity contribution in [3.63, 3.8) is 0 Å². The van der Waals surface area contributed by atoms with Crippen LogP contribution >= 0.6 is 0 Å². The maximum absolute atomic E-state index is 11.4. The summed E-state index contributed by atoms with van der Waals surface area (Å²) in [5, 5.41) is 0. The van der Waals surface area contributed by atoms with Crippen molar-refractivity contribution in [1.29, 1.82) is 0 Å². The molecule has 3 unspecified atom stereocenters. The predicted octanol–water partition coefficient (Wildman–Crippen LogP) is 0.310. The fraction of sp³-hybridized carbons (Fsp3) is 1.00. The van der Waals surface area contributed by atoms with Crippen molar-refractivity contribution in [3.05, 3.63) is 0 Å². The van der Waals surface area contributed by atoms with Crippen LogP contribution in [-0.4, -0.2) is 27.9 Å². The van der Waals surface area contributed by atoms with Gasteiger partial charge in [0.05, 0.1) is 10.8 Å². The molecule has 0 radical (unpaired) electrons. The maximum atomic E-state index is 11.4. The Kier molecular flexibility index (Phi) is 2.82. The van der Waals surface area contributed by atoms with Gasteiger partial charge in [-0.2, -0.15) is 8.42 Å². The first-order valence-corrected chi connectivity index (χ1v) is 6.50. The lowest BCUT2D eigenvalue weighted by Gasteiger charge is -2.25. The van der Waals surface area contributed by atoms with Gasteiger partial charge in [0.15, 0.2) is 4.93 Å². The first kappa shape index (κ1) is 11.1. The highest BCUT2D eigenvalue weighted by Gasteiger charge is 2.47. The van der Waals surface area contributed by atoms with Crippen LogP contribution in [0.15, 0.2) is 0 Å². The van der Waals surface area contributed by atoms with E-state index in [0.29, 0.717) is 12.2 Å². The van der Waals surface area contributed by atoms with Crippen LogP contribution in [0.4, 0.5) is 0 Å². The van der Waals surface area contributed by atoms with Crippen LogP contribution in [0.5, 0.6) is 0 Å². The van der Waals surface area contributed by atoms with E-state index in [-0.39, 0.29) is 5.92 Å². The molecule has 0 aromatic carbocycles.